The fourth-order valence-corrected chi connectivity index (χ4v) is 1.82. The van der Waals surface area contributed by atoms with Gasteiger partial charge in [0.2, 0.25) is 5.88 Å². The Balaban J connectivity index is 2.71. The lowest BCUT2D eigenvalue weighted by Gasteiger charge is -2.25. The molecule has 0 fully saturated rings. The third-order valence-corrected chi connectivity index (χ3v) is 2.34. The van der Waals surface area contributed by atoms with Crippen molar-refractivity contribution in [2.24, 2.45) is 0 Å². The zero-order valence-corrected chi connectivity index (χ0v) is 11.6. The van der Waals surface area contributed by atoms with Crippen molar-refractivity contribution < 1.29 is 4.74 Å². The fourth-order valence-electron chi connectivity index (χ4n) is 1.35. The summed E-state index contributed by atoms with van der Waals surface area (Å²) < 4.78 is 5.49. The van der Waals surface area contributed by atoms with Crippen LogP contribution in [-0.4, -0.2) is 27.5 Å². The quantitative estimate of drug-likeness (QED) is 0.796. The number of anilines is 1. The van der Waals surface area contributed by atoms with Crippen LogP contribution in [0, 0.1) is 0 Å². The van der Waals surface area contributed by atoms with Gasteiger partial charge in [-0.2, -0.15) is 4.98 Å². The fraction of sp³-hybridized carbons (Fsp3) is 0.667. The van der Waals surface area contributed by atoms with Crippen LogP contribution in [-0.2, 0) is 0 Å². The van der Waals surface area contributed by atoms with Gasteiger partial charge in [0.05, 0.1) is 18.5 Å². The van der Waals surface area contributed by atoms with Gasteiger partial charge in [0.25, 0.3) is 0 Å². The predicted octanol–water partition coefficient (Wildman–Crippen LogP) is 3.08. The molecule has 1 N–H and O–H groups in total. The molecule has 0 aliphatic heterocycles. The van der Waals surface area contributed by atoms with E-state index in [-0.39, 0.29) is 11.6 Å². The molecular formula is C12H20ClN3O. The number of alkyl halides is 1. The standard InChI is InChI=1S/C12H20ClN3O/c1-9(2)17-11-8-14-7-10(15-11)16-12(3,4)5-6-13/h7-9H,5-6H2,1-4H3,(H,15,16). The van der Waals surface area contributed by atoms with E-state index in [4.69, 9.17) is 16.3 Å². The molecule has 17 heavy (non-hydrogen) atoms. The zero-order valence-electron chi connectivity index (χ0n) is 10.8. The molecule has 4 nitrogen and oxygen atoms in total. The van der Waals surface area contributed by atoms with Gasteiger partial charge in [0, 0.05) is 11.4 Å². The number of aromatic nitrogens is 2. The van der Waals surface area contributed by atoms with E-state index in [0.29, 0.717) is 17.6 Å². The maximum Gasteiger partial charge on any atom is 0.234 e. The Labute approximate surface area is 108 Å². The van der Waals surface area contributed by atoms with Crippen LogP contribution in [0.2, 0.25) is 0 Å². The van der Waals surface area contributed by atoms with Gasteiger partial charge in [-0.3, -0.25) is 4.98 Å². The Morgan fingerprint density at radius 1 is 1.41 bits per heavy atom. The molecule has 1 aromatic rings. The largest absolute Gasteiger partial charge is 0.474 e. The van der Waals surface area contributed by atoms with Crippen molar-refractivity contribution in [3.63, 3.8) is 0 Å². The smallest absolute Gasteiger partial charge is 0.234 e. The number of nitrogens with one attached hydrogen (secondary N) is 1. The Morgan fingerprint density at radius 3 is 2.71 bits per heavy atom. The molecule has 0 saturated carbocycles. The van der Waals surface area contributed by atoms with Gasteiger partial charge in [0.15, 0.2) is 0 Å². The van der Waals surface area contributed by atoms with Crippen molar-refractivity contribution in [3.8, 4) is 5.88 Å². The van der Waals surface area contributed by atoms with Gasteiger partial charge in [-0.05, 0) is 34.1 Å². The van der Waals surface area contributed by atoms with Crippen LogP contribution in [0.5, 0.6) is 5.88 Å². The Hall–Kier alpha value is -1.03. The van der Waals surface area contributed by atoms with E-state index in [0.717, 1.165) is 6.42 Å². The van der Waals surface area contributed by atoms with E-state index in [9.17, 15) is 0 Å². The maximum absolute atomic E-state index is 5.75. The molecule has 0 radical (unpaired) electrons. The van der Waals surface area contributed by atoms with E-state index in [2.05, 4.69) is 29.1 Å². The van der Waals surface area contributed by atoms with Crippen molar-refractivity contribution in [1.29, 1.82) is 0 Å². The molecule has 0 spiro atoms. The molecule has 0 unspecified atom stereocenters. The Morgan fingerprint density at radius 2 is 2.12 bits per heavy atom. The van der Waals surface area contributed by atoms with Gasteiger partial charge in [-0.25, -0.2) is 0 Å². The average molecular weight is 258 g/mol. The minimum absolute atomic E-state index is 0.0930. The lowest BCUT2D eigenvalue weighted by atomic mass is 10.0. The summed E-state index contributed by atoms with van der Waals surface area (Å²) in [6.07, 6.45) is 4.24. The van der Waals surface area contributed by atoms with Crippen LogP contribution in [0.4, 0.5) is 5.82 Å². The van der Waals surface area contributed by atoms with Crippen LogP contribution >= 0.6 is 11.6 Å². The summed E-state index contributed by atoms with van der Waals surface area (Å²) in [6.45, 7) is 8.07. The summed E-state index contributed by atoms with van der Waals surface area (Å²) in [5, 5.41) is 3.29. The first-order chi connectivity index (χ1) is 7.93. The Bertz CT molecular complexity index is 355. The molecule has 1 aromatic heterocycles. The Kier molecular flexibility index (Phi) is 5.00. The highest BCUT2D eigenvalue weighted by Gasteiger charge is 2.17. The molecule has 0 bridgehead atoms. The zero-order chi connectivity index (χ0) is 12.9. The van der Waals surface area contributed by atoms with Crippen LogP contribution in [0.15, 0.2) is 12.4 Å². The first-order valence-electron chi connectivity index (χ1n) is 5.76. The first-order valence-corrected chi connectivity index (χ1v) is 6.29. The van der Waals surface area contributed by atoms with E-state index >= 15 is 0 Å². The second-order valence-corrected chi connectivity index (χ2v) is 5.23. The third-order valence-electron chi connectivity index (χ3n) is 2.15. The van der Waals surface area contributed by atoms with Crippen LogP contribution < -0.4 is 10.1 Å². The van der Waals surface area contributed by atoms with E-state index in [1.807, 2.05) is 13.8 Å². The second kappa shape index (κ2) is 6.05. The number of rotatable bonds is 6. The van der Waals surface area contributed by atoms with Crippen LogP contribution in [0.1, 0.15) is 34.1 Å². The molecule has 0 atom stereocenters. The summed E-state index contributed by atoms with van der Waals surface area (Å²) in [6, 6.07) is 0. The molecule has 0 amide bonds. The predicted molar refractivity (Wildman–Crippen MR) is 70.8 cm³/mol. The molecule has 0 aliphatic rings. The maximum atomic E-state index is 5.75. The van der Waals surface area contributed by atoms with Crippen LogP contribution in [0.3, 0.4) is 0 Å². The lowest BCUT2D eigenvalue weighted by Crippen LogP contribution is -2.31. The highest BCUT2D eigenvalue weighted by Crippen LogP contribution is 2.18. The number of hydrogen-bond donors (Lipinski definition) is 1. The summed E-state index contributed by atoms with van der Waals surface area (Å²) in [5.41, 5.74) is -0.104. The average Bonchev–Trinajstić information content (AvgIpc) is 2.15. The van der Waals surface area contributed by atoms with Crippen molar-refractivity contribution in [1.82, 2.24) is 9.97 Å². The molecule has 0 aromatic carbocycles. The summed E-state index contributed by atoms with van der Waals surface area (Å²) in [7, 11) is 0. The molecule has 5 heteroatoms. The SMILES string of the molecule is CC(C)Oc1cncc(NC(C)(C)CCCl)n1. The number of ether oxygens (including phenoxy) is 1. The highest BCUT2D eigenvalue weighted by molar-refractivity contribution is 6.17. The molecule has 1 heterocycles. The number of halogens is 1. The third kappa shape index (κ3) is 5.22. The van der Waals surface area contributed by atoms with E-state index in [1.165, 1.54) is 0 Å². The molecule has 96 valence electrons. The minimum Gasteiger partial charge on any atom is -0.474 e. The van der Waals surface area contributed by atoms with Gasteiger partial charge >= 0.3 is 0 Å². The van der Waals surface area contributed by atoms with E-state index in [1.54, 1.807) is 12.4 Å². The van der Waals surface area contributed by atoms with E-state index < -0.39 is 0 Å². The summed E-state index contributed by atoms with van der Waals surface area (Å²) in [4.78, 5) is 8.44. The van der Waals surface area contributed by atoms with Gasteiger partial charge in [-0.1, -0.05) is 0 Å². The number of nitrogens with zero attached hydrogens (tertiary/aromatic N) is 2. The second-order valence-electron chi connectivity index (χ2n) is 4.86. The van der Waals surface area contributed by atoms with Crippen molar-refractivity contribution in [2.45, 2.75) is 45.8 Å². The normalized spacial score (nSPS) is 11.6. The molecule has 1 rings (SSSR count). The monoisotopic (exact) mass is 257 g/mol. The van der Waals surface area contributed by atoms with Gasteiger partial charge in [0.1, 0.15) is 5.82 Å². The van der Waals surface area contributed by atoms with Crippen molar-refractivity contribution >= 4 is 17.4 Å². The first kappa shape index (κ1) is 14.0. The molecule has 0 saturated heterocycles. The van der Waals surface area contributed by atoms with Gasteiger partial charge < -0.3 is 10.1 Å². The highest BCUT2D eigenvalue weighted by atomic mass is 35.5. The topological polar surface area (TPSA) is 47.0 Å². The number of hydrogen-bond acceptors (Lipinski definition) is 4. The van der Waals surface area contributed by atoms with Crippen LogP contribution in [0.25, 0.3) is 0 Å². The van der Waals surface area contributed by atoms with Gasteiger partial charge in [-0.15, -0.1) is 11.6 Å². The summed E-state index contributed by atoms with van der Waals surface area (Å²) >= 11 is 5.75. The minimum atomic E-state index is -0.104. The lowest BCUT2D eigenvalue weighted by molar-refractivity contribution is 0.232. The van der Waals surface area contributed by atoms with Crippen molar-refractivity contribution in [2.75, 3.05) is 11.2 Å². The molecular weight excluding hydrogens is 238 g/mol. The summed E-state index contributed by atoms with van der Waals surface area (Å²) in [5.74, 6) is 1.85. The molecule has 0 aliphatic carbocycles. The van der Waals surface area contributed by atoms with Crippen molar-refractivity contribution in [3.05, 3.63) is 12.4 Å².